The summed E-state index contributed by atoms with van der Waals surface area (Å²) in [4.78, 5) is 13.7. The highest BCUT2D eigenvalue weighted by Crippen LogP contribution is 2.25. The van der Waals surface area contributed by atoms with Gasteiger partial charge in [-0.25, -0.2) is 4.79 Å². The van der Waals surface area contributed by atoms with E-state index in [-0.39, 0.29) is 6.03 Å². The molecule has 0 aliphatic carbocycles. The summed E-state index contributed by atoms with van der Waals surface area (Å²) < 4.78 is 6.02. The van der Waals surface area contributed by atoms with Gasteiger partial charge in [0.1, 0.15) is 5.75 Å². The van der Waals surface area contributed by atoms with Crippen LogP contribution in [0.3, 0.4) is 0 Å². The molecule has 2 amide bonds. The van der Waals surface area contributed by atoms with Gasteiger partial charge in [0.15, 0.2) is 0 Å². The van der Waals surface area contributed by atoms with Crippen LogP contribution >= 0.6 is 15.9 Å². The maximum Gasteiger partial charge on any atom is 0.317 e. The zero-order chi connectivity index (χ0) is 14.5. The zero-order valence-electron chi connectivity index (χ0n) is 11.4. The lowest BCUT2D eigenvalue weighted by Gasteiger charge is -2.30. The van der Waals surface area contributed by atoms with Gasteiger partial charge in [-0.3, -0.25) is 0 Å². The third-order valence-corrected chi connectivity index (χ3v) is 3.96. The molecule has 5 nitrogen and oxygen atoms in total. The fraction of sp³-hybridized carbons (Fsp3) is 0.500. The summed E-state index contributed by atoms with van der Waals surface area (Å²) in [5.41, 5.74) is 0.989. The number of nitrogens with zero attached hydrogens (tertiary/aromatic N) is 1. The first-order valence-electron chi connectivity index (χ1n) is 6.63. The van der Waals surface area contributed by atoms with E-state index in [1.807, 2.05) is 18.2 Å². The number of amides is 2. The van der Waals surface area contributed by atoms with E-state index >= 15 is 0 Å². The number of hydrogen-bond donors (Lipinski definition) is 2. The second-order valence-corrected chi connectivity index (χ2v) is 5.72. The number of aliphatic hydroxyl groups is 1. The lowest BCUT2D eigenvalue weighted by molar-refractivity contribution is 0.0842. The van der Waals surface area contributed by atoms with E-state index in [1.165, 1.54) is 0 Å². The summed E-state index contributed by atoms with van der Waals surface area (Å²) in [6, 6.07) is 5.56. The summed E-state index contributed by atoms with van der Waals surface area (Å²) >= 11 is 3.42. The number of aliphatic hydroxyl groups excluding tert-OH is 1. The van der Waals surface area contributed by atoms with Crippen molar-refractivity contribution in [3.8, 4) is 5.75 Å². The number of carbonyl (C=O) groups excluding carboxylic acids is 1. The fourth-order valence-corrected chi connectivity index (χ4v) is 2.84. The normalized spacial score (nSPS) is 18.8. The predicted octanol–water partition coefficient (Wildman–Crippen LogP) is 2.12. The molecule has 6 heteroatoms. The quantitative estimate of drug-likeness (QED) is 0.884. The number of hydrogen-bond acceptors (Lipinski definition) is 3. The Morgan fingerprint density at radius 1 is 1.60 bits per heavy atom. The Kier molecular flexibility index (Phi) is 5.25. The summed E-state index contributed by atoms with van der Waals surface area (Å²) in [5.74, 6) is 0.763. The Morgan fingerprint density at radius 2 is 2.40 bits per heavy atom. The third-order valence-electron chi connectivity index (χ3n) is 3.34. The van der Waals surface area contributed by atoms with E-state index < -0.39 is 6.10 Å². The molecule has 1 unspecified atom stereocenters. The van der Waals surface area contributed by atoms with Crippen LogP contribution in [0.2, 0.25) is 0 Å². The number of nitrogens with one attached hydrogen (secondary N) is 1. The van der Waals surface area contributed by atoms with Gasteiger partial charge in [0.05, 0.1) is 17.7 Å². The molecule has 1 aliphatic heterocycles. The van der Waals surface area contributed by atoms with Crippen molar-refractivity contribution in [2.75, 3.05) is 20.2 Å². The molecule has 1 fully saturated rings. The number of piperidine rings is 1. The van der Waals surface area contributed by atoms with Crippen LogP contribution < -0.4 is 10.1 Å². The molecule has 0 bridgehead atoms. The average molecular weight is 343 g/mol. The van der Waals surface area contributed by atoms with Crippen LogP contribution in [0.1, 0.15) is 18.4 Å². The molecular weight excluding hydrogens is 324 g/mol. The maximum absolute atomic E-state index is 12.0. The van der Waals surface area contributed by atoms with Gasteiger partial charge in [0.25, 0.3) is 0 Å². The first-order chi connectivity index (χ1) is 9.60. The van der Waals surface area contributed by atoms with Crippen LogP contribution in [0.25, 0.3) is 0 Å². The molecule has 1 heterocycles. The van der Waals surface area contributed by atoms with Gasteiger partial charge < -0.3 is 20.1 Å². The van der Waals surface area contributed by atoms with Gasteiger partial charge in [0.2, 0.25) is 0 Å². The summed E-state index contributed by atoms with van der Waals surface area (Å²) in [6.07, 6.45) is 1.22. The number of carbonyl (C=O) groups is 1. The third kappa shape index (κ3) is 3.86. The van der Waals surface area contributed by atoms with Crippen molar-refractivity contribution < 1.29 is 14.6 Å². The average Bonchev–Trinajstić information content (AvgIpc) is 2.45. The highest BCUT2D eigenvalue weighted by molar-refractivity contribution is 9.10. The summed E-state index contributed by atoms with van der Waals surface area (Å²) in [5, 5.41) is 12.4. The van der Waals surface area contributed by atoms with Crippen LogP contribution in [-0.2, 0) is 6.54 Å². The fourth-order valence-electron chi connectivity index (χ4n) is 2.25. The van der Waals surface area contributed by atoms with Crippen LogP contribution in [0, 0.1) is 0 Å². The van der Waals surface area contributed by atoms with Crippen molar-refractivity contribution in [1.29, 1.82) is 0 Å². The second-order valence-electron chi connectivity index (χ2n) is 4.87. The molecule has 2 rings (SSSR count). The first-order valence-corrected chi connectivity index (χ1v) is 7.42. The minimum absolute atomic E-state index is 0.129. The van der Waals surface area contributed by atoms with Gasteiger partial charge in [-0.15, -0.1) is 0 Å². The van der Waals surface area contributed by atoms with Crippen LogP contribution in [0.5, 0.6) is 5.75 Å². The Labute approximate surface area is 127 Å². The van der Waals surface area contributed by atoms with Crippen molar-refractivity contribution in [3.05, 3.63) is 28.2 Å². The van der Waals surface area contributed by atoms with Gasteiger partial charge >= 0.3 is 6.03 Å². The Morgan fingerprint density at radius 3 is 3.05 bits per heavy atom. The molecule has 1 atom stereocenters. The van der Waals surface area contributed by atoms with Crippen molar-refractivity contribution >= 4 is 22.0 Å². The van der Waals surface area contributed by atoms with Crippen LogP contribution in [0.15, 0.2) is 22.7 Å². The van der Waals surface area contributed by atoms with Crippen molar-refractivity contribution in [1.82, 2.24) is 10.2 Å². The van der Waals surface area contributed by atoms with Gasteiger partial charge in [-0.2, -0.15) is 0 Å². The van der Waals surface area contributed by atoms with E-state index in [0.717, 1.165) is 28.6 Å². The summed E-state index contributed by atoms with van der Waals surface area (Å²) in [7, 11) is 1.61. The van der Waals surface area contributed by atoms with Crippen LogP contribution in [-0.4, -0.2) is 42.3 Å². The van der Waals surface area contributed by atoms with E-state index in [0.29, 0.717) is 19.6 Å². The zero-order valence-corrected chi connectivity index (χ0v) is 13.0. The molecule has 0 saturated carbocycles. The number of halogens is 1. The van der Waals surface area contributed by atoms with Gasteiger partial charge in [-0.1, -0.05) is 6.07 Å². The Hall–Kier alpha value is -1.27. The molecule has 1 aliphatic rings. The topological polar surface area (TPSA) is 61.8 Å². The number of benzene rings is 1. The Balaban J connectivity index is 1.88. The molecule has 20 heavy (non-hydrogen) atoms. The largest absolute Gasteiger partial charge is 0.496 e. The molecule has 1 aromatic rings. The smallest absolute Gasteiger partial charge is 0.317 e. The number of rotatable bonds is 3. The van der Waals surface area contributed by atoms with E-state index in [4.69, 9.17) is 4.74 Å². The van der Waals surface area contributed by atoms with Crippen molar-refractivity contribution in [2.45, 2.75) is 25.5 Å². The van der Waals surface area contributed by atoms with E-state index in [9.17, 15) is 9.90 Å². The number of methoxy groups -OCH3 is 1. The maximum atomic E-state index is 12.0. The molecule has 0 radical (unpaired) electrons. The van der Waals surface area contributed by atoms with Crippen molar-refractivity contribution in [2.24, 2.45) is 0 Å². The highest BCUT2D eigenvalue weighted by atomic mass is 79.9. The second kappa shape index (κ2) is 6.95. The first kappa shape index (κ1) is 15.1. The number of likely N-dealkylation sites (tertiary alicyclic amines) is 1. The van der Waals surface area contributed by atoms with E-state index in [2.05, 4.69) is 21.2 Å². The highest BCUT2D eigenvalue weighted by Gasteiger charge is 2.21. The van der Waals surface area contributed by atoms with Gasteiger partial charge in [0, 0.05) is 19.6 Å². The molecule has 1 aromatic carbocycles. The number of ether oxygens (including phenoxy) is 1. The SMILES string of the molecule is COc1ccc(CNC(=O)N2CCCC(O)C2)cc1Br. The number of β-amino-alcohol motifs (C(OH)–C–C–N with tert-alkyl or cyclic N) is 1. The number of urea groups is 1. The minimum atomic E-state index is -0.398. The predicted molar refractivity (Wildman–Crippen MR) is 79.7 cm³/mol. The molecule has 0 aromatic heterocycles. The van der Waals surface area contributed by atoms with Crippen LogP contribution in [0.4, 0.5) is 4.79 Å². The standard InChI is InChI=1S/C14H19BrN2O3/c1-20-13-5-4-10(7-12(13)15)8-16-14(19)17-6-2-3-11(18)9-17/h4-5,7,11,18H,2-3,6,8-9H2,1H3,(H,16,19). The monoisotopic (exact) mass is 342 g/mol. The molecule has 1 saturated heterocycles. The minimum Gasteiger partial charge on any atom is -0.496 e. The van der Waals surface area contributed by atoms with Gasteiger partial charge in [-0.05, 0) is 46.5 Å². The molecule has 0 spiro atoms. The van der Waals surface area contributed by atoms with Crippen molar-refractivity contribution in [3.63, 3.8) is 0 Å². The molecular formula is C14H19BrN2O3. The van der Waals surface area contributed by atoms with E-state index in [1.54, 1.807) is 12.0 Å². The lowest BCUT2D eigenvalue weighted by Crippen LogP contribution is -2.46. The lowest BCUT2D eigenvalue weighted by atomic mass is 10.1. The Bertz CT molecular complexity index is 481. The molecule has 110 valence electrons. The molecule has 2 N–H and O–H groups in total. The summed E-state index contributed by atoms with van der Waals surface area (Å²) in [6.45, 7) is 1.57.